The molecule has 1 saturated carbocycles. The van der Waals surface area contributed by atoms with Crippen molar-refractivity contribution in [3.63, 3.8) is 0 Å². The third kappa shape index (κ3) is 3.71. The van der Waals surface area contributed by atoms with Gasteiger partial charge in [-0.05, 0) is 62.1 Å². The number of imide groups is 1. The molecule has 4 amide bonds. The van der Waals surface area contributed by atoms with Gasteiger partial charge in [0.1, 0.15) is 12.1 Å². The van der Waals surface area contributed by atoms with Crippen molar-refractivity contribution in [2.24, 2.45) is 5.92 Å². The largest absolute Gasteiger partial charge is 0.334 e. The number of amides is 4. The zero-order chi connectivity index (χ0) is 23.2. The molecule has 2 aromatic carbocycles. The van der Waals surface area contributed by atoms with Crippen LogP contribution >= 0.6 is 0 Å². The molecule has 6 heteroatoms. The van der Waals surface area contributed by atoms with E-state index in [1.165, 1.54) is 6.42 Å². The van der Waals surface area contributed by atoms with Gasteiger partial charge in [0.25, 0.3) is 5.91 Å². The van der Waals surface area contributed by atoms with Crippen molar-refractivity contribution in [1.29, 1.82) is 0 Å². The van der Waals surface area contributed by atoms with Gasteiger partial charge >= 0.3 is 6.03 Å². The second-order valence-electron chi connectivity index (χ2n) is 9.83. The van der Waals surface area contributed by atoms with Gasteiger partial charge in [-0.2, -0.15) is 0 Å². The lowest BCUT2D eigenvalue weighted by Gasteiger charge is -2.39. The SMILES string of the molecule is Cc1cccc(CN(C(=O)CN2C(=O)N[C@]3(CCc4ccccc43)C2=O)C(C)C2CCC2)c1. The number of urea groups is 1. The van der Waals surface area contributed by atoms with E-state index in [0.29, 0.717) is 18.9 Å². The van der Waals surface area contributed by atoms with E-state index < -0.39 is 11.6 Å². The number of fused-ring (bicyclic) bond motifs is 2. The molecule has 2 fully saturated rings. The zero-order valence-corrected chi connectivity index (χ0v) is 19.3. The van der Waals surface area contributed by atoms with E-state index in [1.54, 1.807) is 0 Å². The second kappa shape index (κ2) is 8.32. The minimum absolute atomic E-state index is 0.0636. The average molecular weight is 446 g/mol. The smallest absolute Gasteiger partial charge is 0.325 e. The summed E-state index contributed by atoms with van der Waals surface area (Å²) in [6.07, 6.45) is 4.69. The lowest BCUT2D eigenvalue weighted by atomic mass is 9.79. The van der Waals surface area contributed by atoms with E-state index in [0.717, 1.165) is 46.4 Å². The molecule has 1 N–H and O–H groups in total. The fraction of sp³-hybridized carbons (Fsp3) is 0.444. The van der Waals surface area contributed by atoms with Gasteiger partial charge in [-0.3, -0.25) is 14.5 Å². The van der Waals surface area contributed by atoms with Gasteiger partial charge in [-0.25, -0.2) is 4.79 Å². The first-order valence-corrected chi connectivity index (χ1v) is 12.0. The van der Waals surface area contributed by atoms with E-state index >= 15 is 0 Å². The molecule has 1 aliphatic heterocycles. The third-order valence-corrected chi connectivity index (χ3v) is 7.79. The number of nitrogens with zero attached hydrogens (tertiary/aromatic N) is 2. The van der Waals surface area contributed by atoms with Gasteiger partial charge in [0.15, 0.2) is 0 Å². The van der Waals surface area contributed by atoms with E-state index in [2.05, 4.69) is 18.3 Å². The Bertz CT molecular complexity index is 1110. The maximum absolute atomic E-state index is 13.6. The normalized spacial score (nSPS) is 22.8. The number of aryl methyl sites for hydroxylation is 2. The lowest BCUT2D eigenvalue weighted by molar-refractivity contribution is -0.142. The Balaban J connectivity index is 1.38. The predicted octanol–water partition coefficient (Wildman–Crippen LogP) is 3.91. The van der Waals surface area contributed by atoms with Crippen molar-refractivity contribution in [3.8, 4) is 0 Å². The quantitative estimate of drug-likeness (QED) is 0.686. The Morgan fingerprint density at radius 2 is 1.97 bits per heavy atom. The summed E-state index contributed by atoms with van der Waals surface area (Å²) in [4.78, 5) is 43.0. The van der Waals surface area contributed by atoms with E-state index in [1.807, 2.05) is 54.3 Å². The van der Waals surface area contributed by atoms with Crippen molar-refractivity contribution in [3.05, 3.63) is 70.8 Å². The molecule has 3 aliphatic rings. The molecule has 0 radical (unpaired) electrons. The van der Waals surface area contributed by atoms with Gasteiger partial charge in [0, 0.05) is 12.6 Å². The highest BCUT2D eigenvalue weighted by molar-refractivity contribution is 6.09. The van der Waals surface area contributed by atoms with Crippen LogP contribution in [0.2, 0.25) is 0 Å². The maximum Gasteiger partial charge on any atom is 0.325 e. The molecule has 0 aromatic heterocycles. The van der Waals surface area contributed by atoms with Crippen LogP contribution in [0.15, 0.2) is 48.5 Å². The van der Waals surface area contributed by atoms with E-state index in [4.69, 9.17) is 0 Å². The number of hydrogen-bond acceptors (Lipinski definition) is 3. The topological polar surface area (TPSA) is 69.7 Å². The van der Waals surface area contributed by atoms with Gasteiger partial charge in [0.2, 0.25) is 5.91 Å². The number of carbonyl (C=O) groups excluding carboxylic acids is 3. The fourth-order valence-electron chi connectivity index (χ4n) is 5.60. The summed E-state index contributed by atoms with van der Waals surface area (Å²) in [5, 5.41) is 2.93. The molecular formula is C27H31N3O3. The molecule has 5 rings (SSSR count). The first-order valence-electron chi connectivity index (χ1n) is 12.0. The summed E-state index contributed by atoms with van der Waals surface area (Å²) in [5.74, 6) is -0.0183. The molecule has 1 spiro atoms. The predicted molar refractivity (Wildman–Crippen MR) is 125 cm³/mol. The van der Waals surface area contributed by atoms with Crippen LogP contribution in [-0.4, -0.2) is 40.2 Å². The minimum Gasteiger partial charge on any atom is -0.334 e. The van der Waals surface area contributed by atoms with Crippen LogP contribution in [0.5, 0.6) is 0 Å². The molecule has 2 aromatic rings. The number of hydrogen-bond donors (Lipinski definition) is 1. The summed E-state index contributed by atoms with van der Waals surface area (Å²) >= 11 is 0. The van der Waals surface area contributed by atoms with Gasteiger partial charge in [-0.1, -0.05) is 60.5 Å². The number of carbonyl (C=O) groups is 3. The molecule has 172 valence electrons. The minimum atomic E-state index is -1.03. The number of nitrogens with one attached hydrogen (secondary N) is 1. The van der Waals surface area contributed by atoms with Crippen LogP contribution in [0.4, 0.5) is 4.79 Å². The van der Waals surface area contributed by atoms with Crippen molar-refractivity contribution in [1.82, 2.24) is 15.1 Å². The monoisotopic (exact) mass is 445 g/mol. The summed E-state index contributed by atoms with van der Waals surface area (Å²) < 4.78 is 0. The molecule has 33 heavy (non-hydrogen) atoms. The summed E-state index contributed by atoms with van der Waals surface area (Å²) in [6, 6.07) is 15.5. The molecule has 0 bridgehead atoms. The molecule has 6 nitrogen and oxygen atoms in total. The Hall–Kier alpha value is -3.15. The fourth-order valence-corrected chi connectivity index (χ4v) is 5.60. The summed E-state index contributed by atoms with van der Waals surface area (Å²) in [7, 11) is 0. The molecule has 1 unspecified atom stereocenters. The Kier molecular flexibility index (Phi) is 5.47. The molecule has 2 aliphatic carbocycles. The Labute approximate surface area is 194 Å². The molecular weight excluding hydrogens is 414 g/mol. The standard InChI is InChI=1S/C27H31N3O3/c1-18-7-5-8-20(15-18)16-29(19(2)21-10-6-11-21)24(31)17-30-25(32)27(28-26(30)33)14-13-22-9-3-4-12-23(22)27/h3-5,7-9,12,15,19,21H,6,10-11,13-14,16-17H2,1-2H3,(H,28,33)/t19?,27-/m0/s1. The first-order chi connectivity index (χ1) is 15.9. The van der Waals surface area contributed by atoms with Gasteiger partial charge in [-0.15, -0.1) is 0 Å². The molecule has 2 atom stereocenters. The van der Waals surface area contributed by atoms with Crippen LogP contribution in [0, 0.1) is 12.8 Å². The van der Waals surface area contributed by atoms with Crippen LogP contribution in [0.1, 0.15) is 54.9 Å². The van der Waals surface area contributed by atoms with Crippen LogP contribution < -0.4 is 5.32 Å². The zero-order valence-electron chi connectivity index (χ0n) is 19.3. The Morgan fingerprint density at radius 1 is 1.18 bits per heavy atom. The first kappa shape index (κ1) is 21.7. The summed E-state index contributed by atoms with van der Waals surface area (Å²) in [6.45, 7) is 4.39. The number of benzene rings is 2. The van der Waals surface area contributed by atoms with E-state index in [9.17, 15) is 14.4 Å². The van der Waals surface area contributed by atoms with Crippen LogP contribution in [0.3, 0.4) is 0 Å². The van der Waals surface area contributed by atoms with Crippen LogP contribution in [0.25, 0.3) is 0 Å². The van der Waals surface area contributed by atoms with Crippen LogP contribution in [-0.2, 0) is 28.1 Å². The highest BCUT2D eigenvalue weighted by atomic mass is 16.2. The molecule has 1 heterocycles. The molecule has 1 saturated heterocycles. The lowest BCUT2D eigenvalue weighted by Crippen LogP contribution is -2.49. The summed E-state index contributed by atoms with van der Waals surface area (Å²) in [5.41, 5.74) is 3.12. The third-order valence-electron chi connectivity index (χ3n) is 7.79. The highest BCUT2D eigenvalue weighted by Crippen LogP contribution is 2.41. The van der Waals surface area contributed by atoms with Gasteiger partial charge in [0.05, 0.1) is 0 Å². The van der Waals surface area contributed by atoms with Crippen molar-refractivity contribution in [2.75, 3.05) is 6.54 Å². The van der Waals surface area contributed by atoms with E-state index in [-0.39, 0.29) is 24.4 Å². The Morgan fingerprint density at radius 3 is 2.70 bits per heavy atom. The maximum atomic E-state index is 13.6. The second-order valence-corrected chi connectivity index (χ2v) is 9.83. The highest BCUT2D eigenvalue weighted by Gasteiger charge is 2.55. The van der Waals surface area contributed by atoms with Gasteiger partial charge < -0.3 is 10.2 Å². The average Bonchev–Trinajstić information content (AvgIpc) is 3.24. The van der Waals surface area contributed by atoms with Crippen molar-refractivity contribution >= 4 is 17.8 Å². The van der Waals surface area contributed by atoms with Crippen molar-refractivity contribution < 1.29 is 14.4 Å². The number of rotatable bonds is 6. The van der Waals surface area contributed by atoms with Crippen molar-refractivity contribution in [2.45, 2.75) is 64.1 Å².